The minimum Gasteiger partial charge on any atom is -0.371 e. The Morgan fingerprint density at radius 2 is 2.00 bits per heavy atom. The molecule has 132 valence electrons. The standard InChI is InChI=1S/C19H23N3O3/c1-12-4-3-9-21(10-12)15-6-2-5-13-14(15)11-22(19(13)25)16-7-8-17(23)20-18(16)24/h2,5-6,12,16H,3-4,7-11H2,1H3,(H,20,23,24). The smallest absolute Gasteiger partial charge is 0.255 e. The molecule has 4 rings (SSSR count). The fourth-order valence-corrected chi connectivity index (χ4v) is 4.27. The van der Waals surface area contributed by atoms with Crippen molar-refractivity contribution in [3.63, 3.8) is 0 Å². The van der Waals surface area contributed by atoms with Crippen molar-refractivity contribution in [1.82, 2.24) is 10.2 Å². The first kappa shape index (κ1) is 16.1. The lowest BCUT2D eigenvalue weighted by Gasteiger charge is -2.34. The number of piperidine rings is 2. The van der Waals surface area contributed by atoms with Gasteiger partial charge >= 0.3 is 0 Å². The van der Waals surface area contributed by atoms with Crippen LogP contribution in [-0.2, 0) is 16.1 Å². The highest BCUT2D eigenvalue weighted by atomic mass is 16.2. The van der Waals surface area contributed by atoms with Gasteiger partial charge < -0.3 is 9.80 Å². The van der Waals surface area contributed by atoms with E-state index in [1.165, 1.54) is 6.42 Å². The Morgan fingerprint density at radius 3 is 2.76 bits per heavy atom. The molecule has 6 heteroatoms. The molecule has 3 heterocycles. The number of rotatable bonds is 2. The Labute approximate surface area is 147 Å². The van der Waals surface area contributed by atoms with Gasteiger partial charge in [0.1, 0.15) is 6.04 Å². The second-order valence-corrected chi connectivity index (χ2v) is 7.40. The van der Waals surface area contributed by atoms with Crippen LogP contribution >= 0.6 is 0 Å². The minimum absolute atomic E-state index is 0.101. The maximum absolute atomic E-state index is 12.9. The van der Waals surface area contributed by atoms with E-state index in [9.17, 15) is 14.4 Å². The molecule has 0 radical (unpaired) electrons. The van der Waals surface area contributed by atoms with Gasteiger partial charge in [0.2, 0.25) is 11.8 Å². The Bertz CT molecular complexity index is 745. The van der Waals surface area contributed by atoms with Gasteiger partial charge in [-0.15, -0.1) is 0 Å². The number of fused-ring (bicyclic) bond motifs is 1. The second-order valence-electron chi connectivity index (χ2n) is 7.40. The summed E-state index contributed by atoms with van der Waals surface area (Å²) in [6, 6.07) is 5.31. The SMILES string of the molecule is CC1CCCN(c2cccc3c2CN(C2CCC(=O)NC2=O)C3=O)C1. The predicted molar refractivity (Wildman–Crippen MR) is 93.1 cm³/mol. The van der Waals surface area contributed by atoms with Crippen molar-refractivity contribution in [2.24, 2.45) is 5.92 Å². The molecule has 3 amide bonds. The maximum atomic E-state index is 12.9. The number of nitrogens with zero attached hydrogens (tertiary/aromatic N) is 2. The fourth-order valence-electron chi connectivity index (χ4n) is 4.27. The van der Waals surface area contributed by atoms with Crippen LogP contribution in [0.4, 0.5) is 5.69 Å². The molecule has 25 heavy (non-hydrogen) atoms. The molecule has 2 saturated heterocycles. The topological polar surface area (TPSA) is 69.7 Å². The van der Waals surface area contributed by atoms with Gasteiger partial charge in [-0.3, -0.25) is 19.7 Å². The highest BCUT2D eigenvalue weighted by Gasteiger charge is 2.40. The first-order valence-corrected chi connectivity index (χ1v) is 9.06. The number of hydrogen-bond acceptors (Lipinski definition) is 4. The van der Waals surface area contributed by atoms with Crippen molar-refractivity contribution in [3.05, 3.63) is 29.3 Å². The number of imide groups is 1. The van der Waals surface area contributed by atoms with Crippen molar-refractivity contribution in [2.45, 2.75) is 45.2 Å². The monoisotopic (exact) mass is 341 g/mol. The highest BCUT2D eigenvalue weighted by molar-refractivity contribution is 6.06. The van der Waals surface area contributed by atoms with Crippen LogP contribution in [0.2, 0.25) is 0 Å². The summed E-state index contributed by atoms with van der Waals surface area (Å²) in [5, 5.41) is 2.36. The predicted octanol–water partition coefficient (Wildman–Crippen LogP) is 1.68. The second kappa shape index (κ2) is 6.17. The van der Waals surface area contributed by atoms with E-state index < -0.39 is 6.04 Å². The lowest BCUT2D eigenvalue weighted by molar-refractivity contribution is -0.136. The lowest BCUT2D eigenvalue weighted by atomic mass is 9.98. The third kappa shape index (κ3) is 2.79. The number of hydrogen-bond donors (Lipinski definition) is 1. The summed E-state index contributed by atoms with van der Waals surface area (Å²) in [4.78, 5) is 40.4. The Balaban J connectivity index is 1.62. The molecule has 2 fully saturated rings. The molecule has 0 aromatic heterocycles. The van der Waals surface area contributed by atoms with Crippen LogP contribution in [0.5, 0.6) is 0 Å². The largest absolute Gasteiger partial charge is 0.371 e. The van der Waals surface area contributed by atoms with Crippen molar-refractivity contribution >= 4 is 23.4 Å². The van der Waals surface area contributed by atoms with E-state index in [0.29, 0.717) is 24.4 Å². The third-order valence-corrected chi connectivity index (χ3v) is 5.56. The number of amides is 3. The molecular formula is C19H23N3O3. The van der Waals surface area contributed by atoms with Gasteiger partial charge in [0.25, 0.3) is 5.91 Å². The van der Waals surface area contributed by atoms with Crippen LogP contribution in [0.3, 0.4) is 0 Å². The van der Waals surface area contributed by atoms with Gasteiger partial charge in [0.15, 0.2) is 0 Å². The van der Waals surface area contributed by atoms with Gasteiger partial charge in [0, 0.05) is 42.9 Å². The van der Waals surface area contributed by atoms with Crippen LogP contribution in [-0.4, -0.2) is 41.8 Å². The van der Waals surface area contributed by atoms with Crippen LogP contribution in [0.1, 0.15) is 48.5 Å². The zero-order chi connectivity index (χ0) is 17.6. The van der Waals surface area contributed by atoms with E-state index in [2.05, 4.69) is 23.2 Å². The van der Waals surface area contributed by atoms with Crippen LogP contribution in [0, 0.1) is 5.92 Å². The van der Waals surface area contributed by atoms with Gasteiger partial charge in [-0.2, -0.15) is 0 Å². The summed E-state index contributed by atoms with van der Waals surface area (Å²) in [5.41, 5.74) is 2.83. The normalized spacial score (nSPS) is 26.7. The molecule has 2 unspecified atom stereocenters. The summed E-state index contributed by atoms with van der Waals surface area (Å²) in [6.07, 6.45) is 3.09. The summed E-state index contributed by atoms with van der Waals surface area (Å²) in [6.45, 7) is 4.72. The molecular weight excluding hydrogens is 318 g/mol. The number of benzene rings is 1. The average Bonchev–Trinajstić information content (AvgIpc) is 2.92. The molecule has 3 aliphatic heterocycles. The Hall–Kier alpha value is -2.37. The molecule has 0 spiro atoms. The fraction of sp³-hybridized carbons (Fsp3) is 0.526. The molecule has 1 aromatic carbocycles. The maximum Gasteiger partial charge on any atom is 0.255 e. The quantitative estimate of drug-likeness (QED) is 0.831. The Kier molecular flexibility index (Phi) is 3.98. The molecule has 3 aliphatic rings. The van der Waals surface area contributed by atoms with Crippen LogP contribution in [0.15, 0.2) is 18.2 Å². The number of nitrogens with one attached hydrogen (secondary N) is 1. The van der Waals surface area contributed by atoms with E-state index in [1.54, 1.807) is 4.90 Å². The zero-order valence-electron chi connectivity index (χ0n) is 14.5. The molecule has 1 aromatic rings. The van der Waals surface area contributed by atoms with E-state index in [1.807, 2.05) is 12.1 Å². The summed E-state index contributed by atoms with van der Waals surface area (Å²) >= 11 is 0. The van der Waals surface area contributed by atoms with Crippen molar-refractivity contribution in [2.75, 3.05) is 18.0 Å². The van der Waals surface area contributed by atoms with Crippen LogP contribution < -0.4 is 10.2 Å². The van der Waals surface area contributed by atoms with Crippen molar-refractivity contribution in [1.29, 1.82) is 0 Å². The summed E-state index contributed by atoms with van der Waals surface area (Å²) in [5.74, 6) is -0.0664. The van der Waals surface area contributed by atoms with E-state index in [4.69, 9.17) is 0 Å². The summed E-state index contributed by atoms with van der Waals surface area (Å²) in [7, 11) is 0. The van der Waals surface area contributed by atoms with E-state index in [0.717, 1.165) is 30.8 Å². The van der Waals surface area contributed by atoms with Crippen molar-refractivity contribution < 1.29 is 14.4 Å². The van der Waals surface area contributed by atoms with Crippen molar-refractivity contribution in [3.8, 4) is 0 Å². The zero-order valence-corrected chi connectivity index (χ0v) is 14.5. The lowest BCUT2D eigenvalue weighted by Crippen LogP contribution is -2.52. The molecule has 0 bridgehead atoms. The first-order valence-electron chi connectivity index (χ1n) is 9.06. The third-order valence-electron chi connectivity index (χ3n) is 5.56. The van der Waals surface area contributed by atoms with Gasteiger partial charge in [-0.05, 0) is 37.3 Å². The van der Waals surface area contributed by atoms with Gasteiger partial charge in [0.05, 0.1) is 0 Å². The average molecular weight is 341 g/mol. The highest BCUT2D eigenvalue weighted by Crippen LogP contribution is 2.35. The van der Waals surface area contributed by atoms with Gasteiger partial charge in [-0.1, -0.05) is 13.0 Å². The first-order chi connectivity index (χ1) is 12.0. The number of anilines is 1. The molecule has 2 atom stereocenters. The molecule has 1 N–H and O–H groups in total. The number of carbonyl (C=O) groups excluding carboxylic acids is 3. The number of carbonyl (C=O) groups is 3. The minimum atomic E-state index is -0.550. The molecule has 0 aliphatic carbocycles. The Morgan fingerprint density at radius 1 is 1.16 bits per heavy atom. The van der Waals surface area contributed by atoms with E-state index in [-0.39, 0.29) is 24.1 Å². The molecule has 0 saturated carbocycles. The van der Waals surface area contributed by atoms with Crippen LogP contribution in [0.25, 0.3) is 0 Å². The summed E-state index contributed by atoms with van der Waals surface area (Å²) < 4.78 is 0. The van der Waals surface area contributed by atoms with Gasteiger partial charge in [-0.25, -0.2) is 0 Å². The molecule has 6 nitrogen and oxygen atoms in total. The van der Waals surface area contributed by atoms with E-state index >= 15 is 0 Å².